The van der Waals surface area contributed by atoms with Gasteiger partial charge in [0, 0.05) is 24.6 Å². The van der Waals surface area contributed by atoms with Crippen LogP contribution in [0.3, 0.4) is 0 Å². The molecule has 4 rings (SSSR count). The second-order valence-corrected chi connectivity index (χ2v) is 9.34. The van der Waals surface area contributed by atoms with Crippen LogP contribution in [0.1, 0.15) is 73.5 Å². The summed E-state index contributed by atoms with van der Waals surface area (Å²) >= 11 is 6.03. The van der Waals surface area contributed by atoms with Crippen LogP contribution in [0.4, 0.5) is 0 Å². The molecule has 1 aliphatic heterocycles. The maximum absolute atomic E-state index is 12.6. The number of carbonyl (C=O) groups is 1. The number of aromatic nitrogens is 3. The van der Waals surface area contributed by atoms with E-state index in [1.165, 1.54) is 18.2 Å². The normalized spacial score (nSPS) is 21.3. The number of piperidine rings is 1. The molecule has 2 aromatic rings. The van der Waals surface area contributed by atoms with Crippen molar-refractivity contribution in [3.8, 4) is 0 Å². The van der Waals surface area contributed by atoms with Crippen molar-refractivity contribution in [2.45, 2.75) is 58.8 Å². The van der Waals surface area contributed by atoms with Gasteiger partial charge < -0.3 is 9.42 Å². The first-order chi connectivity index (χ1) is 12.8. The molecule has 7 heteroatoms. The van der Waals surface area contributed by atoms with Crippen molar-refractivity contribution in [1.29, 1.82) is 0 Å². The van der Waals surface area contributed by atoms with E-state index >= 15 is 0 Å². The Morgan fingerprint density at radius 3 is 2.67 bits per heavy atom. The van der Waals surface area contributed by atoms with Gasteiger partial charge in [-0.2, -0.15) is 5.10 Å². The first-order valence-electron chi connectivity index (χ1n) is 9.80. The summed E-state index contributed by atoms with van der Waals surface area (Å²) in [6.07, 6.45) is 6.49. The number of likely N-dealkylation sites (tertiary alicyclic amines) is 1. The van der Waals surface area contributed by atoms with Gasteiger partial charge in [0.25, 0.3) is 5.91 Å². The van der Waals surface area contributed by atoms with Crippen molar-refractivity contribution in [3.63, 3.8) is 0 Å². The Morgan fingerprint density at radius 1 is 1.30 bits per heavy atom. The van der Waals surface area contributed by atoms with Gasteiger partial charge in [-0.3, -0.25) is 9.89 Å². The standard InChI is InChI=1S/C20H27ClN4O2/c1-20(2,3)13-4-5-16-14(10-13)18(27-24-16)12-6-8-25(9-7-12)19(26)17-15(21)11-22-23-17/h11-13H,4-10H2,1-3H3,(H,22,23). The van der Waals surface area contributed by atoms with Crippen molar-refractivity contribution in [1.82, 2.24) is 20.3 Å². The largest absolute Gasteiger partial charge is 0.361 e. The SMILES string of the molecule is CC(C)(C)C1CCc2noc(C3CCN(C(=O)c4[nH]ncc4Cl)CC3)c2C1. The van der Waals surface area contributed by atoms with Crippen LogP contribution in [0.5, 0.6) is 0 Å². The lowest BCUT2D eigenvalue weighted by atomic mass is 9.71. The van der Waals surface area contributed by atoms with E-state index in [0.29, 0.717) is 41.1 Å². The molecule has 0 aromatic carbocycles. The fraction of sp³-hybridized carbons (Fsp3) is 0.650. The number of H-pyrrole nitrogens is 1. The molecule has 1 unspecified atom stereocenters. The highest BCUT2D eigenvalue weighted by Gasteiger charge is 2.36. The summed E-state index contributed by atoms with van der Waals surface area (Å²) in [5, 5.41) is 11.3. The molecule has 1 N–H and O–H groups in total. The molecule has 0 spiro atoms. The number of nitrogens with one attached hydrogen (secondary N) is 1. The summed E-state index contributed by atoms with van der Waals surface area (Å²) in [5.74, 6) is 1.97. The van der Waals surface area contributed by atoms with E-state index in [-0.39, 0.29) is 5.91 Å². The van der Waals surface area contributed by atoms with E-state index in [4.69, 9.17) is 16.1 Å². The Morgan fingerprint density at radius 2 is 2.04 bits per heavy atom. The van der Waals surface area contributed by atoms with Crippen LogP contribution in [0.15, 0.2) is 10.7 Å². The molecule has 1 saturated heterocycles. The fourth-order valence-electron chi connectivity index (χ4n) is 4.42. The summed E-state index contributed by atoms with van der Waals surface area (Å²) in [5.41, 5.74) is 3.15. The van der Waals surface area contributed by atoms with E-state index in [0.717, 1.165) is 37.1 Å². The average molecular weight is 391 g/mol. The minimum absolute atomic E-state index is 0.0802. The van der Waals surface area contributed by atoms with E-state index in [1.807, 2.05) is 4.90 Å². The van der Waals surface area contributed by atoms with Crippen LogP contribution in [-0.2, 0) is 12.8 Å². The molecular weight excluding hydrogens is 364 g/mol. The number of nitrogens with zero attached hydrogens (tertiary/aromatic N) is 3. The number of carbonyl (C=O) groups excluding carboxylic acids is 1. The van der Waals surface area contributed by atoms with Crippen molar-refractivity contribution < 1.29 is 9.32 Å². The third-order valence-electron chi connectivity index (χ3n) is 6.26. The van der Waals surface area contributed by atoms with Crippen LogP contribution >= 0.6 is 11.6 Å². The zero-order chi connectivity index (χ0) is 19.2. The third-order valence-corrected chi connectivity index (χ3v) is 6.55. The number of aryl methyl sites for hydroxylation is 1. The Labute approximate surface area is 164 Å². The zero-order valence-corrected chi connectivity index (χ0v) is 17.0. The van der Waals surface area contributed by atoms with Gasteiger partial charge in [-0.05, 0) is 43.4 Å². The molecule has 1 fully saturated rings. The molecule has 0 bridgehead atoms. The average Bonchev–Trinajstić information content (AvgIpc) is 3.26. The molecule has 1 atom stereocenters. The maximum Gasteiger partial charge on any atom is 0.273 e. The van der Waals surface area contributed by atoms with Crippen LogP contribution in [0.25, 0.3) is 0 Å². The molecule has 2 aromatic heterocycles. The molecule has 0 radical (unpaired) electrons. The number of aromatic amines is 1. The van der Waals surface area contributed by atoms with Gasteiger partial charge in [0.05, 0.1) is 16.9 Å². The van der Waals surface area contributed by atoms with Crippen LogP contribution in [0.2, 0.25) is 5.02 Å². The molecule has 27 heavy (non-hydrogen) atoms. The number of amides is 1. The van der Waals surface area contributed by atoms with Gasteiger partial charge in [-0.1, -0.05) is 37.5 Å². The molecule has 1 aliphatic carbocycles. The Hall–Kier alpha value is -1.82. The topological polar surface area (TPSA) is 75.0 Å². The van der Waals surface area contributed by atoms with Crippen molar-refractivity contribution in [3.05, 3.63) is 33.9 Å². The second kappa shape index (κ2) is 6.97. The predicted molar refractivity (Wildman–Crippen MR) is 103 cm³/mol. The molecule has 0 saturated carbocycles. The van der Waals surface area contributed by atoms with E-state index in [1.54, 1.807) is 0 Å². The van der Waals surface area contributed by atoms with Gasteiger partial charge in [-0.25, -0.2) is 0 Å². The van der Waals surface area contributed by atoms with Gasteiger partial charge in [0.1, 0.15) is 11.5 Å². The zero-order valence-electron chi connectivity index (χ0n) is 16.2. The van der Waals surface area contributed by atoms with Crippen LogP contribution in [0, 0.1) is 11.3 Å². The summed E-state index contributed by atoms with van der Waals surface area (Å²) < 4.78 is 5.81. The smallest absolute Gasteiger partial charge is 0.273 e. The molecule has 2 aliphatic rings. The third kappa shape index (κ3) is 3.51. The quantitative estimate of drug-likeness (QED) is 0.832. The van der Waals surface area contributed by atoms with E-state index in [9.17, 15) is 4.79 Å². The van der Waals surface area contributed by atoms with E-state index < -0.39 is 0 Å². The molecule has 6 nitrogen and oxygen atoms in total. The Kier molecular flexibility index (Phi) is 4.78. The fourth-order valence-corrected chi connectivity index (χ4v) is 4.59. The number of halogens is 1. The number of hydrogen-bond donors (Lipinski definition) is 1. The second-order valence-electron chi connectivity index (χ2n) is 8.94. The number of fused-ring (bicyclic) bond motifs is 1. The lowest BCUT2D eigenvalue weighted by Gasteiger charge is -2.34. The predicted octanol–water partition coefficient (Wildman–Crippen LogP) is 4.22. The molecule has 3 heterocycles. The lowest BCUT2D eigenvalue weighted by molar-refractivity contribution is 0.0699. The monoisotopic (exact) mass is 390 g/mol. The summed E-state index contributed by atoms with van der Waals surface area (Å²) in [6.45, 7) is 8.34. The van der Waals surface area contributed by atoms with Crippen molar-refractivity contribution in [2.24, 2.45) is 11.3 Å². The van der Waals surface area contributed by atoms with Gasteiger partial charge in [-0.15, -0.1) is 0 Å². The molecule has 1 amide bonds. The number of hydrogen-bond acceptors (Lipinski definition) is 4. The highest BCUT2D eigenvalue weighted by atomic mass is 35.5. The highest BCUT2D eigenvalue weighted by molar-refractivity contribution is 6.33. The molecule has 146 valence electrons. The minimum atomic E-state index is -0.0802. The summed E-state index contributed by atoms with van der Waals surface area (Å²) in [7, 11) is 0. The lowest BCUT2D eigenvalue weighted by Crippen LogP contribution is -2.38. The van der Waals surface area contributed by atoms with Crippen molar-refractivity contribution in [2.75, 3.05) is 13.1 Å². The van der Waals surface area contributed by atoms with Gasteiger partial charge >= 0.3 is 0 Å². The summed E-state index contributed by atoms with van der Waals surface area (Å²) in [4.78, 5) is 14.4. The Bertz CT molecular complexity index is 827. The van der Waals surface area contributed by atoms with Gasteiger partial charge in [0.2, 0.25) is 0 Å². The number of rotatable bonds is 2. The highest BCUT2D eigenvalue weighted by Crippen LogP contribution is 2.41. The Balaban J connectivity index is 1.45. The first-order valence-corrected chi connectivity index (χ1v) is 10.2. The maximum atomic E-state index is 12.6. The molecular formula is C20H27ClN4O2. The van der Waals surface area contributed by atoms with Crippen LogP contribution in [-0.4, -0.2) is 39.3 Å². The minimum Gasteiger partial charge on any atom is -0.361 e. The summed E-state index contributed by atoms with van der Waals surface area (Å²) in [6, 6.07) is 0. The van der Waals surface area contributed by atoms with Gasteiger partial charge in [0.15, 0.2) is 0 Å². The first kappa shape index (κ1) is 18.5. The van der Waals surface area contributed by atoms with Crippen molar-refractivity contribution >= 4 is 17.5 Å². The van der Waals surface area contributed by atoms with E-state index in [2.05, 4.69) is 36.1 Å². The van der Waals surface area contributed by atoms with Crippen LogP contribution < -0.4 is 0 Å².